The second kappa shape index (κ2) is 16.3. The number of rotatable bonds is 12. The lowest BCUT2D eigenvalue weighted by molar-refractivity contribution is -0.180. The van der Waals surface area contributed by atoms with Crippen molar-refractivity contribution in [3.05, 3.63) is 89.6 Å². The van der Waals surface area contributed by atoms with Crippen LogP contribution in [0.5, 0.6) is 5.75 Å². The number of amides is 3. The van der Waals surface area contributed by atoms with Crippen LogP contribution in [0.4, 0.5) is 10.6 Å². The number of ether oxygens (including phenoxy) is 3. The van der Waals surface area contributed by atoms with E-state index in [1.54, 1.807) is 46.2 Å². The van der Waals surface area contributed by atoms with Crippen LogP contribution in [0.2, 0.25) is 0 Å². The van der Waals surface area contributed by atoms with E-state index in [0.717, 1.165) is 41.7 Å². The number of anilines is 1. The van der Waals surface area contributed by atoms with Gasteiger partial charge in [-0.3, -0.25) is 19.4 Å². The molecule has 1 aromatic heterocycles. The summed E-state index contributed by atoms with van der Waals surface area (Å²) in [5.41, 5.74) is 1.57. The van der Waals surface area contributed by atoms with E-state index in [2.05, 4.69) is 11.9 Å². The molecule has 2 aliphatic rings. The molecule has 10 nitrogen and oxygen atoms in total. The molecule has 2 fully saturated rings. The molecule has 5 rings (SSSR count). The fourth-order valence-corrected chi connectivity index (χ4v) is 6.81. The highest BCUT2D eigenvalue weighted by atomic mass is 16.6. The van der Waals surface area contributed by atoms with E-state index in [1.165, 1.54) is 11.3 Å². The van der Waals surface area contributed by atoms with Gasteiger partial charge in [-0.1, -0.05) is 81.5 Å². The van der Waals surface area contributed by atoms with Crippen molar-refractivity contribution in [2.24, 2.45) is 17.8 Å². The number of imide groups is 1. The number of esters is 1. The molecule has 1 saturated carbocycles. The lowest BCUT2D eigenvalue weighted by Crippen LogP contribution is -2.67. The van der Waals surface area contributed by atoms with Gasteiger partial charge in [0.15, 0.2) is 0 Å². The highest BCUT2D eigenvalue weighted by Crippen LogP contribution is 2.36. The zero-order valence-corrected chi connectivity index (χ0v) is 29.8. The van der Waals surface area contributed by atoms with E-state index in [0.29, 0.717) is 23.0 Å². The number of hydrogen-bond donors (Lipinski definition) is 0. The fourth-order valence-electron chi connectivity index (χ4n) is 6.81. The molecule has 1 saturated heterocycles. The molecule has 266 valence electrons. The number of β-lactam (4-membered cyclic amide) rings is 1. The Balaban J connectivity index is 1.37. The van der Waals surface area contributed by atoms with Gasteiger partial charge in [0.25, 0.3) is 0 Å². The van der Waals surface area contributed by atoms with E-state index in [1.807, 2.05) is 54.6 Å². The first-order chi connectivity index (χ1) is 23.9. The smallest absolute Gasteiger partial charge is 0.416 e. The van der Waals surface area contributed by atoms with Gasteiger partial charge >= 0.3 is 12.1 Å². The largest absolute Gasteiger partial charge is 0.497 e. The Morgan fingerprint density at radius 2 is 1.64 bits per heavy atom. The Bertz CT molecular complexity index is 1630. The molecule has 1 aliphatic carbocycles. The summed E-state index contributed by atoms with van der Waals surface area (Å²) in [7, 11) is 1.59. The molecule has 0 bridgehead atoms. The quantitative estimate of drug-likeness (QED) is 0.145. The Hall–Kier alpha value is -4.73. The van der Waals surface area contributed by atoms with Gasteiger partial charge in [-0.05, 0) is 80.0 Å². The van der Waals surface area contributed by atoms with Gasteiger partial charge in [0.2, 0.25) is 11.8 Å². The number of benzene rings is 2. The van der Waals surface area contributed by atoms with Gasteiger partial charge < -0.3 is 14.2 Å². The monoisotopic (exact) mass is 683 g/mol. The van der Waals surface area contributed by atoms with Crippen LogP contribution < -0.4 is 9.64 Å². The van der Waals surface area contributed by atoms with Crippen molar-refractivity contribution in [1.82, 2.24) is 9.88 Å². The van der Waals surface area contributed by atoms with Crippen LogP contribution in [0, 0.1) is 17.8 Å². The van der Waals surface area contributed by atoms with Crippen molar-refractivity contribution in [3.8, 4) is 5.75 Å². The number of pyridine rings is 1. The van der Waals surface area contributed by atoms with Crippen molar-refractivity contribution in [2.45, 2.75) is 97.4 Å². The van der Waals surface area contributed by atoms with Crippen molar-refractivity contribution in [2.75, 3.05) is 12.0 Å². The number of methoxy groups -OCH3 is 1. The predicted molar refractivity (Wildman–Crippen MR) is 189 cm³/mol. The summed E-state index contributed by atoms with van der Waals surface area (Å²) in [6.07, 6.45) is 7.04. The average molecular weight is 684 g/mol. The van der Waals surface area contributed by atoms with Crippen LogP contribution in [0.15, 0.2) is 72.9 Å². The topological polar surface area (TPSA) is 115 Å². The molecule has 3 aromatic rings. The number of hydrogen-bond acceptors (Lipinski definition) is 8. The second-order valence-electron chi connectivity index (χ2n) is 14.5. The summed E-state index contributed by atoms with van der Waals surface area (Å²) in [4.78, 5) is 61.5. The van der Waals surface area contributed by atoms with Gasteiger partial charge in [-0.25, -0.2) is 14.6 Å². The van der Waals surface area contributed by atoms with Gasteiger partial charge in [0.05, 0.1) is 19.6 Å². The summed E-state index contributed by atoms with van der Waals surface area (Å²) in [5.74, 6) is -0.578. The van der Waals surface area contributed by atoms with Crippen LogP contribution >= 0.6 is 0 Å². The van der Waals surface area contributed by atoms with Crippen molar-refractivity contribution < 1.29 is 33.4 Å². The summed E-state index contributed by atoms with van der Waals surface area (Å²) >= 11 is 0. The minimum absolute atomic E-state index is 0.0349. The maximum absolute atomic E-state index is 13.7. The van der Waals surface area contributed by atoms with Crippen LogP contribution in [-0.4, -0.2) is 52.5 Å². The van der Waals surface area contributed by atoms with Crippen molar-refractivity contribution in [3.63, 3.8) is 0 Å². The van der Waals surface area contributed by atoms with E-state index >= 15 is 0 Å². The van der Waals surface area contributed by atoms with Crippen LogP contribution in [0.3, 0.4) is 0 Å². The number of nitrogens with zero attached hydrogens (tertiary/aromatic N) is 3. The van der Waals surface area contributed by atoms with Crippen LogP contribution in [0.1, 0.15) is 82.9 Å². The molecular formula is C40H49N3O7. The second-order valence-corrected chi connectivity index (χ2v) is 14.5. The first-order valence-corrected chi connectivity index (χ1v) is 17.6. The van der Waals surface area contributed by atoms with E-state index in [4.69, 9.17) is 14.2 Å². The third-order valence-electron chi connectivity index (χ3n) is 9.55. The molecule has 50 heavy (non-hydrogen) atoms. The molecule has 10 heteroatoms. The minimum Gasteiger partial charge on any atom is -0.497 e. The van der Waals surface area contributed by atoms with Crippen molar-refractivity contribution in [1.29, 1.82) is 0 Å². The summed E-state index contributed by atoms with van der Waals surface area (Å²) in [6.45, 7) is 7.66. The average Bonchev–Trinajstić information content (AvgIpc) is 3.11. The van der Waals surface area contributed by atoms with E-state index in [-0.39, 0.29) is 37.8 Å². The summed E-state index contributed by atoms with van der Waals surface area (Å²) in [6, 6.07) is 19.1. The lowest BCUT2D eigenvalue weighted by atomic mass is 9.78. The molecule has 1 aliphatic heterocycles. The maximum atomic E-state index is 13.7. The Morgan fingerprint density at radius 1 is 0.940 bits per heavy atom. The van der Waals surface area contributed by atoms with Gasteiger partial charge in [0, 0.05) is 12.6 Å². The Kier molecular flexibility index (Phi) is 11.9. The zero-order valence-electron chi connectivity index (χ0n) is 29.8. The number of carbonyl (C=O) groups is 4. The maximum Gasteiger partial charge on any atom is 0.416 e. The third kappa shape index (κ3) is 9.28. The molecule has 1 unspecified atom stereocenters. The molecule has 3 amide bonds. The molecule has 0 radical (unpaired) electrons. The zero-order chi connectivity index (χ0) is 35.8. The number of likely N-dealkylation sites (tertiary alicyclic amines) is 1. The van der Waals surface area contributed by atoms with E-state index < -0.39 is 35.5 Å². The van der Waals surface area contributed by atoms with Crippen molar-refractivity contribution >= 4 is 29.7 Å². The predicted octanol–water partition coefficient (Wildman–Crippen LogP) is 7.28. The Morgan fingerprint density at radius 3 is 2.30 bits per heavy atom. The molecule has 0 spiro atoms. The first kappa shape index (κ1) is 36.5. The highest BCUT2D eigenvalue weighted by Gasteiger charge is 2.55. The van der Waals surface area contributed by atoms with Gasteiger partial charge in [-0.15, -0.1) is 0 Å². The third-order valence-corrected chi connectivity index (χ3v) is 9.55. The van der Waals surface area contributed by atoms with Crippen LogP contribution in [0.25, 0.3) is 0 Å². The van der Waals surface area contributed by atoms with Crippen LogP contribution in [-0.2, 0) is 43.4 Å². The minimum atomic E-state index is -1.05. The summed E-state index contributed by atoms with van der Waals surface area (Å²) < 4.78 is 16.7. The van der Waals surface area contributed by atoms with E-state index in [9.17, 15) is 19.2 Å². The fraction of sp³-hybridized carbons (Fsp3) is 0.475. The highest BCUT2D eigenvalue weighted by molar-refractivity contribution is 6.08. The number of carbonyl (C=O) groups excluding carboxylic acids is 4. The standard InChI is InChI=1S/C40H49N3O7/c1-27(31-14-10-7-11-15-31)22-35(44)43-36(38(46)49-26-29-12-8-6-9-13-29)33(37(43)45)23-30-20-21-41-34(24-30)42(39(47)50-40(2,3)4)25-28-16-18-32(48-5)19-17-28/h6,8-9,12-13,16-21,24,27,31,33,36H,7,10-11,14-15,22-23,25-26H2,1-5H3/t27-,33?,36-/m0/s1. The normalized spacial score (nSPS) is 18.5. The Labute approximate surface area is 295 Å². The molecule has 3 atom stereocenters. The molecule has 2 aromatic carbocycles. The van der Waals surface area contributed by atoms with Gasteiger partial charge in [-0.2, -0.15) is 0 Å². The van der Waals surface area contributed by atoms with Gasteiger partial charge in [0.1, 0.15) is 29.8 Å². The lowest BCUT2D eigenvalue weighted by Gasteiger charge is -2.44. The summed E-state index contributed by atoms with van der Waals surface area (Å²) in [5, 5.41) is 0. The molecule has 0 N–H and O–H groups in total. The SMILES string of the molecule is COc1ccc(CN(C(=O)OC(C)(C)C)c2cc(CC3C(=O)N(C(=O)C[C@H](C)C4CCCCC4)[C@@H]3C(=O)OCc3ccccc3)ccn2)cc1. The molecule has 2 heterocycles. The number of aromatic nitrogens is 1. The molecular weight excluding hydrogens is 634 g/mol. The first-order valence-electron chi connectivity index (χ1n) is 17.6.